The topological polar surface area (TPSA) is 69.7 Å². The molecular weight excluding hydrogens is 320 g/mol. The number of amides is 3. The first-order valence-corrected chi connectivity index (χ1v) is 7.65. The molecule has 130 valence electrons. The van der Waals surface area contributed by atoms with Gasteiger partial charge in [0, 0.05) is 52.0 Å². The summed E-state index contributed by atoms with van der Waals surface area (Å²) in [4.78, 5) is 38.3. The molecule has 0 unspecified atom stereocenters. The minimum atomic E-state index is -0.866. The van der Waals surface area contributed by atoms with Crippen LogP contribution < -0.4 is 5.32 Å². The SMILES string of the molecule is CC(=O)N1CCN(C(=O)CCC(=O)Nc2ccc(F)cc2F)CC1. The third kappa shape index (κ3) is 4.74. The van der Waals surface area contributed by atoms with Crippen LogP contribution in [0, 0.1) is 11.6 Å². The summed E-state index contributed by atoms with van der Waals surface area (Å²) in [5.74, 6) is -2.33. The molecule has 1 saturated heterocycles. The zero-order valence-corrected chi connectivity index (χ0v) is 13.3. The number of nitrogens with zero attached hydrogens (tertiary/aromatic N) is 2. The van der Waals surface area contributed by atoms with Crippen LogP contribution in [0.15, 0.2) is 18.2 Å². The summed E-state index contributed by atoms with van der Waals surface area (Å²) in [6, 6.07) is 2.85. The van der Waals surface area contributed by atoms with Crippen molar-refractivity contribution in [2.75, 3.05) is 31.5 Å². The molecule has 6 nitrogen and oxygen atoms in total. The highest BCUT2D eigenvalue weighted by molar-refractivity contribution is 5.93. The fourth-order valence-corrected chi connectivity index (χ4v) is 2.45. The normalized spacial score (nSPS) is 14.5. The van der Waals surface area contributed by atoms with Gasteiger partial charge in [0.05, 0.1) is 5.69 Å². The van der Waals surface area contributed by atoms with Crippen molar-refractivity contribution in [1.29, 1.82) is 0 Å². The number of carbonyl (C=O) groups is 3. The third-order valence-corrected chi connectivity index (χ3v) is 3.85. The molecule has 3 amide bonds. The first-order valence-electron chi connectivity index (χ1n) is 7.65. The van der Waals surface area contributed by atoms with Gasteiger partial charge in [0.1, 0.15) is 11.6 Å². The van der Waals surface area contributed by atoms with Crippen LogP contribution in [0.4, 0.5) is 14.5 Å². The Morgan fingerprint density at radius 3 is 2.25 bits per heavy atom. The molecule has 0 aromatic heterocycles. The van der Waals surface area contributed by atoms with Crippen molar-refractivity contribution in [3.05, 3.63) is 29.8 Å². The van der Waals surface area contributed by atoms with E-state index in [0.717, 1.165) is 12.1 Å². The van der Waals surface area contributed by atoms with Crippen LogP contribution in [0.5, 0.6) is 0 Å². The van der Waals surface area contributed by atoms with Crippen molar-refractivity contribution in [3.63, 3.8) is 0 Å². The van der Waals surface area contributed by atoms with E-state index in [2.05, 4.69) is 5.32 Å². The third-order valence-electron chi connectivity index (χ3n) is 3.85. The van der Waals surface area contributed by atoms with Gasteiger partial charge in [-0.1, -0.05) is 0 Å². The maximum absolute atomic E-state index is 13.4. The quantitative estimate of drug-likeness (QED) is 0.901. The standard InChI is InChI=1S/C16H19F2N3O3/c1-11(22)20-6-8-21(9-7-20)16(24)5-4-15(23)19-14-3-2-12(17)10-13(14)18/h2-3,10H,4-9H2,1H3,(H,19,23). The van der Waals surface area contributed by atoms with Gasteiger partial charge < -0.3 is 15.1 Å². The lowest BCUT2D eigenvalue weighted by atomic mass is 10.2. The maximum atomic E-state index is 13.4. The minimum absolute atomic E-state index is 0.00524. The van der Waals surface area contributed by atoms with Crippen molar-refractivity contribution in [2.45, 2.75) is 19.8 Å². The van der Waals surface area contributed by atoms with Gasteiger partial charge in [-0.15, -0.1) is 0 Å². The molecule has 1 aromatic rings. The highest BCUT2D eigenvalue weighted by Gasteiger charge is 2.22. The zero-order valence-electron chi connectivity index (χ0n) is 13.3. The van der Waals surface area contributed by atoms with E-state index < -0.39 is 17.5 Å². The maximum Gasteiger partial charge on any atom is 0.224 e. The van der Waals surface area contributed by atoms with Gasteiger partial charge in [0.2, 0.25) is 17.7 Å². The van der Waals surface area contributed by atoms with Crippen molar-refractivity contribution >= 4 is 23.4 Å². The van der Waals surface area contributed by atoms with E-state index in [-0.39, 0.29) is 30.3 Å². The molecule has 1 heterocycles. The zero-order chi connectivity index (χ0) is 17.7. The van der Waals surface area contributed by atoms with Gasteiger partial charge in [0.15, 0.2) is 0 Å². The molecule has 1 aliphatic heterocycles. The minimum Gasteiger partial charge on any atom is -0.339 e. The van der Waals surface area contributed by atoms with Crippen LogP contribution in [0.2, 0.25) is 0 Å². The molecular formula is C16H19F2N3O3. The summed E-state index contributed by atoms with van der Waals surface area (Å²) in [5, 5.41) is 2.31. The molecule has 1 N–H and O–H groups in total. The summed E-state index contributed by atoms with van der Waals surface area (Å²) in [6.45, 7) is 3.32. The molecule has 1 aliphatic rings. The van der Waals surface area contributed by atoms with E-state index >= 15 is 0 Å². The molecule has 0 saturated carbocycles. The smallest absolute Gasteiger partial charge is 0.224 e. The lowest BCUT2D eigenvalue weighted by Crippen LogP contribution is -2.50. The Labute approximate surface area is 138 Å². The number of hydrogen-bond acceptors (Lipinski definition) is 3. The summed E-state index contributed by atoms with van der Waals surface area (Å²) < 4.78 is 26.2. The number of anilines is 1. The number of rotatable bonds is 4. The van der Waals surface area contributed by atoms with Crippen LogP contribution in [0.1, 0.15) is 19.8 Å². The Hall–Kier alpha value is -2.51. The van der Waals surface area contributed by atoms with E-state index in [0.29, 0.717) is 32.2 Å². The fourth-order valence-electron chi connectivity index (χ4n) is 2.45. The van der Waals surface area contributed by atoms with Crippen LogP contribution in [-0.4, -0.2) is 53.7 Å². The number of carbonyl (C=O) groups excluding carboxylic acids is 3. The predicted molar refractivity (Wildman–Crippen MR) is 83.1 cm³/mol. The second kappa shape index (κ2) is 7.85. The van der Waals surface area contributed by atoms with E-state index in [1.165, 1.54) is 6.92 Å². The Morgan fingerprint density at radius 1 is 1.04 bits per heavy atom. The van der Waals surface area contributed by atoms with E-state index in [1.54, 1.807) is 9.80 Å². The Kier molecular flexibility index (Phi) is 5.83. The summed E-state index contributed by atoms with van der Waals surface area (Å²) >= 11 is 0. The monoisotopic (exact) mass is 339 g/mol. The van der Waals surface area contributed by atoms with Gasteiger partial charge in [-0.25, -0.2) is 8.78 Å². The van der Waals surface area contributed by atoms with Crippen LogP contribution in [-0.2, 0) is 14.4 Å². The average Bonchev–Trinajstić information content (AvgIpc) is 2.55. The first-order chi connectivity index (χ1) is 11.4. The van der Waals surface area contributed by atoms with Crippen molar-refractivity contribution in [1.82, 2.24) is 9.80 Å². The Morgan fingerprint density at radius 2 is 1.67 bits per heavy atom. The number of piperazine rings is 1. The van der Waals surface area contributed by atoms with Gasteiger partial charge in [-0.3, -0.25) is 14.4 Å². The van der Waals surface area contributed by atoms with Crippen LogP contribution in [0.3, 0.4) is 0 Å². The molecule has 0 aliphatic carbocycles. The predicted octanol–water partition coefficient (Wildman–Crippen LogP) is 1.37. The van der Waals surface area contributed by atoms with Gasteiger partial charge >= 0.3 is 0 Å². The number of halogens is 2. The molecule has 0 radical (unpaired) electrons. The van der Waals surface area contributed by atoms with Crippen molar-refractivity contribution < 1.29 is 23.2 Å². The molecule has 0 spiro atoms. The average molecular weight is 339 g/mol. The lowest BCUT2D eigenvalue weighted by Gasteiger charge is -2.34. The molecule has 1 aromatic carbocycles. The second-order valence-corrected chi connectivity index (χ2v) is 5.56. The molecule has 8 heteroatoms. The first kappa shape index (κ1) is 17.8. The lowest BCUT2D eigenvalue weighted by molar-refractivity contribution is -0.138. The molecule has 2 rings (SSSR count). The van der Waals surface area contributed by atoms with Crippen LogP contribution in [0.25, 0.3) is 0 Å². The van der Waals surface area contributed by atoms with E-state index in [1.807, 2.05) is 0 Å². The molecule has 1 fully saturated rings. The highest BCUT2D eigenvalue weighted by Crippen LogP contribution is 2.15. The Bertz CT molecular complexity index is 643. The largest absolute Gasteiger partial charge is 0.339 e. The summed E-state index contributed by atoms with van der Waals surface area (Å²) in [5.41, 5.74) is -0.121. The molecule has 0 bridgehead atoms. The van der Waals surface area contributed by atoms with E-state index in [4.69, 9.17) is 0 Å². The summed E-state index contributed by atoms with van der Waals surface area (Å²) in [6.07, 6.45) is -0.0999. The molecule has 0 atom stereocenters. The second-order valence-electron chi connectivity index (χ2n) is 5.56. The van der Waals surface area contributed by atoms with Crippen LogP contribution >= 0.6 is 0 Å². The highest BCUT2D eigenvalue weighted by atomic mass is 19.1. The van der Waals surface area contributed by atoms with Crippen molar-refractivity contribution in [2.24, 2.45) is 0 Å². The van der Waals surface area contributed by atoms with Gasteiger partial charge in [-0.05, 0) is 12.1 Å². The van der Waals surface area contributed by atoms with Gasteiger partial charge in [0.25, 0.3) is 0 Å². The number of benzene rings is 1. The fraction of sp³-hybridized carbons (Fsp3) is 0.438. The van der Waals surface area contributed by atoms with Crippen molar-refractivity contribution in [3.8, 4) is 0 Å². The summed E-state index contributed by atoms with van der Waals surface area (Å²) in [7, 11) is 0. The molecule has 24 heavy (non-hydrogen) atoms. The number of nitrogens with one attached hydrogen (secondary N) is 1. The Balaban J connectivity index is 1.77. The number of hydrogen-bond donors (Lipinski definition) is 1. The van der Waals surface area contributed by atoms with E-state index in [9.17, 15) is 23.2 Å². The van der Waals surface area contributed by atoms with Gasteiger partial charge in [-0.2, -0.15) is 0 Å².